The standard InChI is InChI=1S/C14H10N4O2S/c15-9-5-10(18(19)20)7-11(6-9)21-14-12-3-1-2-4-13(12)16-8-17-14/h1-8H,15H2. The molecule has 0 aliphatic rings. The van der Waals surface area contributed by atoms with Crippen molar-refractivity contribution < 1.29 is 4.92 Å². The fourth-order valence-electron chi connectivity index (χ4n) is 1.94. The smallest absolute Gasteiger partial charge is 0.272 e. The molecule has 7 heteroatoms. The Morgan fingerprint density at radius 2 is 1.95 bits per heavy atom. The number of nitro groups is 1. The van der Waals surface area contributed by atoms with Crippen LogP contribution in [0, 0.1) is 10.1 Å². The van der Waals surface area contributed by atoms with E-state index in [0.717, 1.165) is 15.9 Å². The van der Waals surface area contributed by atoms with E-state index in [1.807, 2.05) is 24.3 Å². The number of nitrogens with two attached hydrogens (primary N) is 1. The van der Waals surface area contributed by atoms with Crippen molar-refractivity contribution in [2.75, 3.05) is 5.73 Å². The number of non-ortho nitro benzene ring substituents is 1. The maximum absolute atomic E-state index is 10.9. The highest BCUT2D eigenvalue weighted by molar-refractivity contribution is 7.99. The molecule has 104 valence electrons. The molecule has 0 unspecified atom stereocenters. The Hall–Kier alpha value is -2.67. The number of fused-ring (bicyclic) bond motifs is 1. The van der Waals surface area contributed by atoms with Crippen molar-refractivity contribution in [3.05, 3.63) is 58.9 Å². The zero-order valence-corrected chi connectivity index (χ0v) is 11.6. The van der Waals surface area contributed by atoms with Gasteiger partial charge in [-0.25, -0.2) is 9.97 Å². The number of nitro benzene ring substituents is 1. The lowest BCUT2D eigenvalue weighted by atomic mass is 10.2. The van der Waals surface area contributed by atoms with Crippen molar-refractivity contribution in [1.82, 2.24) is 9.97 Å². The Morgan fingerprint density at radius 1 is 1.14 bits per heavy atom. The van der Waals surface area contributed by atoms with Gasteiger partial charge in [0.1, 0.15) is 11.4 Å². The van der Waals surface area contributed by atoms with E-state index >= 15 is 0 Å². The molecular weight excluding hydrogens is 288 g/mol. The van der Waals surface area contributed by atoms with Crippen LogP contribution in [0.3, 0.4) is 0 Å². The van der Waals surface area contributed by atoms with E-state index < -0.39 is 4.92 Å². The van der Waals surface area contributed by atoms with Gasteiger partial charge in [0.25, 0.3) is 5.69 Å². The third kappa shape index (κ3) is 2.77. The molecule has 0 aliphatic heterocycles. The second kappa shape index (κ2) is 5.37. The predicted octanol–water partition coefficient (Wildman–Crippen LogP) is 3.27. The largest absolute Gasteiger partial charge is 0.398 e. The quantitative estimate of drug-likeness (QED) is 0.345. The molecule has 0 spiro atoms. The second-order valence-corrected chi connectivity index (χ2v) is 5.38. The zero-order chi connectivity index (χ0) is 14.8. The van der Waals surface area contributed by atoms with Crippen LogP contribution in [0.4, 0.5) is 11.4 Å². The molecule has 1 heterocycles. The summed E-state index contributed by atoms with van der Waals surface area (Å²) < 4.78 is 0. The number of hydrogen-bond acceptors (Lipinski definition) is 6. The minimum absolute atomic E-state index is 0.0316. The van der Waals surface area contributed by atoms with Crippen LogP contribution in [0.15, 0.2) is 58.7 Å². The van der Waals surface area contributed by atoms with Gasteiger partial charge in [-0.3, -0.25) is 10.1 Å². The summed E-state index contributed by atoms with van der Waals surface area (Å²) in [5.41, 5.74) is 6.86. The number of benzene rings is 2. The molecule has 0 saturated carbocycles. The molecule has 0 aliphatic carbocycles. The topological polar surface area (TPSA) is 94.9 Å². The molecule has 0 amide bonds. The van der Waals surface area contributed by atoms with Crippen molar-refractivity contribution in [1.29, 1.82) is 0 Å². The lowest BCUT2D eigenvalue weighted by Gasteiger charge is -2.05. The molecule has 6 nitrogen and oxygen atoms in total. The average Bonchev–Trinajstić information content (AvgIpc) is 2.47. The van der Waals surface area contributed by atoms with Gasteiger partial charge in [-0.1, -0.05) is 30.0 Å². The SMILES string of the molecule is Nc1cc(Sc2ncnc3ccccc23)cc([N+](=O)[O-])c1. The average molecular weight is 298 g/mol. The van der Waals surface area contributed by atoms with E-state index in [0.29, 0.717) is 10.6 Å². The normalized spacial score (nSPS) is 10.7. The second-order valence-electron chi connectivity index (χ2n) is 4.32. The van der Waals surface area contributed by atoms with Gasteiger partial charge in [-0.15, -0.1) is 0 Å². The molecule has 3 rings (SSSR count). The van der Waals surface area contributed by atoms with Crippen LogP contribution < -0.4 is 5.73 Å². The van der Waals surface area contributed by atoms with Gasteiger partial charge in [0.15, 0.2) is 0 Å². The molecule has 1 aromatic heterocycles. The van der Waals surface area contributed by atoms with Crippen molar-refractivity contribution in [2.45, 2.75) is 9.92 Å². The van der Waals surface area contributed by atoms with Gasteiger partial charge in [-0.05, 0) is 12.1 Å². The highest BCUT2D eigenvalue weighted by atomic mass is 32.2. The maximum atomic E-state index is 10.9. The van der Waals surface area contributed by atoms with Gasteiger partial charge < -0.3 is 5.73 Å². The zero-order valence-electron chi connectivity index (χ0n) is 10.8. The van der Waals surface area contributed by atoms with Crippen molar-refractivity contribution in [2.24, 2.45) is 0 Å². The van der Waals surface area contributed by atoms with E-state index in [1.165, 1.54) is 30.2 Å². The fraction of sp³-hybridized carbons (Fsp3) is 0. The lowest BCUT2D eigenvalue weighted by molar-refractivity contribution is -0.385. The van der Waals surface area contributed by atoms with E-state index in [9.17, 15) is 10.1 Å². The minimum atomic E-state index is -0.460. The first-order chi connectivity index (χ1) is 10.1. The van der Waals surface area contributed by atoms with Crippen LogP contribution in [-0.4, -0.2) is 14.9 Å². The van der Waals surface area contributed by atoms with E-state index in [-0.39, 0.29) is 5.69 Å². The molecular formula is C14H10N4O2S. The highest BCUT2D eigenvalue weighted by Gasteiger charge is 2.11. The van der Waals surface area contributed by atoms with Gasteiger partial charge in [0.05, 0.1) is 10.4 Å². The molecule has 3 aromatic rings. The molecule has 0 atom stereocenters. The molecule has 0 fully saturated rings. The van der Waals surface area contributed by atoms with Crippen LogP contribution in [-0.2, 0) is 0 Å². The molecule has 21 heavy (non-hydrogen) atoms. The molecule has 0 saturated heterocycles. The number of nitrogens with zero attached hydrogens (tertiary/aromatic N) is 3. The van der Waals surface area contributed by atoms with Crippen LogP contribution in [0.25, 0.3) is 10.9 Å². The summed E-state index contributed by atoms with van der Waals surface area (Å²) in [5.74, 6) is 0. The Balaban J connectivity index is 2.05. The number of rotatable bonds is 3. The summed E-state index contributed by atoms with van der Waals surface area (Å²) in [4.78, 5) is 19.5. The Kier molecular flexibility index (Phi) is 3.41. The molecule has 0 bridgehead atoms. The van der Waals surface area contributed by atoms with Gasteiger partial charge in [-0.2, -0.15) is 0 Å². The lowest BCUT2D eigenvalue weighted by Crippen LogP contribution is -1.92. The molecule has 2 aromatic carbocycles. The van der Waals surface area contributed by atoms with Gasteiger partial charge in [0.2, 0.25) is 0 Å². The van der Waals surface area contributed by atoms with E-state index in [2.05, 4.69) is 9.97 Å². The summed E-state index contributed by atoms with van der Waals surface area (Å²) in [6.45, 7) is 0. The number of nitrogen functional groups attached to an aromatic ring is 1. The third-order valence-corrected chi connectivity index (χ3v) is 3.84. The monoisotopic (exact) mass is 298 g/mol. The summed E-state index contributed by atoms with van der Waals surface area (Å²) in [6, 6.07) is 12.1. The molecule has 0 radical (unpaired) electrons. The molecule has 2 N–H and O–H groups in total. The summed E-state index contributed by atoms with van der Waals surface area (Å²) >= 11 is 1.33. The van der Waals surface area contributed by atoms with E-state index in [1.54, 1.807) is 6.07 Å². The first-order valence-corrected chi connectivity index (χ1v) is 6.88. The van der Waals surface area contributed by atoms with Gasteiger partial charge >= 0.3 is 0 Å². The van der Waals surface area contributed by atoms with Crippen LogP contribution >= 0.6 is 11.8 Å². The Morgan fingerprint density at radius 3 is 2.76 bits per heavy atom. The number of hydrogen-bond donors (Lipinski definition) is 1. The van der Waals surface area contributed by atoms with Crippen LogP contribution in [0.2, 0.25) is 0 Å². The predicted molar refractivity (Wildman–Crippen MR) is 81.2 cm³/mol. The van der Waals surface area contributed by atoms with Crippen molar-refractivity contribution >= 4 is 34.0 Å². The maximum Gasteiger partial charge on any atom is 0.272 e. The minimum Gasteiger partial charge on any atom is -0.398 e. The Labute approximate surface area is 124 Å². The highest BCUT2D eigenvalue weighted by Crippen LogP contribution is 2.34. The van der Waals surface area contributed by atoms with Crippen LogP contribution in [0.5, 0.6) is 0 Å². The number of para-hydroxylation sites is 1. The first kappa shape index (κ1) is 13.3. The fourth-order valence-corrected chi connectivity index (χ4v) is 2.92. The number of anilines is 1. The first-order valence-electron chi connectivity index (χ1n) is 6.06. The van der Waals surface area contributed by atoms with Crippen molar-refractivity contribution in [3.8, 4) is 0 Å². The van der Waals surface area contributed by atoms with Crippen LogP contribution in [0.1, 0.15) is 0 Å². The van der Waals surface area contributed by atoms with Crippen molar-refractivity contribution in [3.63, 3.8) is 0 Å². The Bertz CT molecular complexity index is 833. The van der Waals surface area contributed by atoms with E-state index in [4.69, 9.17) is 5.73 Å². The summed E-state index contributed by atoms with van der Waals surface area (Å²) in [6.07, 6.45) is 1.48. The van der Waals surface area contributed by atoms with Gasteiger partial charge in [0, 0.05) is 28.1 Å². The third-order valence-electron chi connectivity index (χ3n) is 2.85. The number of aromatic nitrogens is 2. The summed E-state index contributed by atoms with van der Waals surface area (Å²) in [7, 11) is 0. The summed E-state index contributed by atoms with van der Waals surface area (Å²) in [5, 5.41) is 12.5.